The van der Waals surface area contributed by atoms with E-state index in [0.717, 1.165) is 18.8 Å². The van der Waals surface area contributed by atoms with Crippen LogP contribution in [-0.4, -0.2) is 5.97 Å². The van der Waals surface area contributed by atoms with E-state index >= 15 is 0 Å². The van der Waals surface area contributed by atoms with Gasteiger partial charge in [-0.1, -0.05) is 38.5 Å². The van der Waals surface area contributed by atoms with Crippen LogP contribution in [0.5, 0.6) is 0 Å². The minimum Gasteiger partial charge on any atom is -0.550 e. The number of carboxylic acids is 1. The number of carboxylic acid groups (broad SMARTS) is 1. The van der Waals surface area contributed by atoms with Gasteiger partial charge in [-0.25, -0.2) is 0 Å². The molecule has 1 saturated carbocycles. The fourth-order valence-corrected chi connectivity index (χ4v) is 2.01. The Labute approximate surface area is 90.3 Å². The minimum atomic E-state index is -0.897. The average molecular weight is 228 g/mol. The first-order chi connectivity index (χ1) is 5.79. The molecule has 0 aromatic carbocycles. The van der Waals surface area contributed by atoms with Crippen molar-refractivity contribution >= 4 is 5.97 Å². The number of hydrogen-bond acceptors (Lipinski definition) is 2. The Hall–Kier alpha value is -0.0235. The Morgan fingerprint density at radius 2 is 1.85 bits per heavy atom. The molecule has 0 unspecified atom stereocenters. The summed E-state index contributed by atoms with van der Waals surface area (Å²) in [5.74, 6) is -0.0936. The van der Waals surface area contributed by atoms with Crippen molar-refractivity contribution in [2.24, 2.45) is 5.92 Å². The molecule has 0 bridgehead atoms. The van der Waals surface area contributed by atoms with Crippen LogP contribution in [0.4, 0.5) is 0 Å². The second kappa shape index (κ2) is 7.39. The second-order valence-electron chi connectivity index (χ2n) is 3.77. The van der Waals surface area contributed by atoms with Gasteiger partial charge in [0, 0.05) is 5.97 Å². The summed E-state index contributed by atoms with van der Waals surface area (Å²) in [6.45, 7) is 0. The van der Waals surface area contributed by atoms with Crippen LogP contribution in [0.1, 0.15) is 51.4 Å². The third-order valence-electron chi connectivity index (χ3n) is 2.72. The Morgan fingerprint density at radius 3 is 2.38 bits per heavy atom. The van der Waals surface area contributed by atoms with Gasteiger partial charge in [-0.15, -0.1) is 0 Å². The van der Waals surface area contributed by atoms with Gasteiger partial charge in [0.15, 0.2) is 0 Å². The smallest absolute Gasteiger partial charge is 0.550 e. The van der Waals surface area contributed by atoms with E-state index in [1.165, 1.54) is 32.1 Å². The third-order valence-corrected chi connectivity index (χ3v) is 2.72. The number of aliphatic carboxylic acids is 1. The minimum absolute atomic E-state index is 0. The summed E-state index contributed by atoms with van der Waals surface area (Å²) in [6.07, 6.45) is 8.83. The zero-order chi connectivity index (χ0) is 8.81. The van der Waals surface area contributed by atoms with Crippen LogP contribution in [0.3, 0.4) is 0 Å². The molecule has 1 aliphatic carbocycles. The molecular formula is C10H17CoO2+. The topological polar surface area (TPSA) is 40.1 Å². The van der Waals surface area contributed by atoms with E-state index in [2.05, 4.69) is 0 Å². The van der Waals surface area contributed by atoms with Crippen molar-refractivity contribution in [3.05, 3.63) is 0 Å². The predicted molar refractivity (Wildman–Crippen MR) is 45.4 cm³/mol. The van der Waals surface area contributed by atoms with Gasteiger partial charge in [0.2, 0.25) is 0 Å². The standard InChI is InChI=1S/C10H18O2.Co/c11-10(12)8-4-7-9-5-2-1-3-6-9;/h9H,1-8H2,(H,11,12);/q;+2/p-1. The van der Waals surface area contributed by atoms with Crippen LogP contribution < -0.4 is 5.11 Å². The Balaban J connectivity index is 0.00000144. The molecule has 0 saturated heterocycles. The van der Waals surface area contributed by atoms with Crippen LogP contribution in [0.15, 0.2) is 0 Å². The quantitative estimate of drug-likeness (QED) is 0.731. The van der Waals surface area contributed by atoms with E-state index in [-0.39, 0.29) is 23.2 Å². The summed E-state index contributed by atoms with van der Waals surface area (Å²) in [5, 5.41) is 10.1. The van der Waals surface area contributed by atoms with E-state index < -0.39 is 5.97 Å². The summed E-state index contributed by atoms with van der Waals surface area (Å²) in [7, 11) is 0. The van der Waals surface area contributed by atoms with Crippen molar-refractivity contribution in [3.8, 4) is 0 Å². The van der Waals surface area contributed by atoms with Gasteiger partial charge in [-0.2, -0.15) is 0 Å². The Kier molecular flexibility index (Phi) is 7.37. The number of hydrogen-bond donors (Lipinski definition) is 0. The van der Waals surface area contributed by atoms with Crippen molar-refractivity contribution in [1.29, 1.82) is 0 Å². The zero-order valence-corrected chi connectivity index (χ0v) is 8.93. The van der Waals surface area contributed by atoms with Crippen molar-refractivity contribution < 1.29 is 26.7 Å². The molecule has 77 valence electrons. The normalized spacial score (nSPS) is 17.8. The predicted octanol–water partition coefficient (Wildman–Crippen LogP) is 1.48. The summed E-state index contributed by atoms with van der Waals surface area (Å²) in [5.41, 5.74) is 0. The molecule has 3 heteroatoms. The first-order valence-electron chi connectivity index (χ1n) is 4.99. The summed E-state index contributed by atoms with van der Waals surface area (Å²) in [4.78, 5) is 10.1. The monoisotopic (exact) mass is 228 g/mol. The molecule has 13 heavy (non-hydrogen) atoms. The van der Waals surface area contributed by atoms with Crippen molar-refractivity contribution in [3.63, 3.8) is 0 Å². The molecule has 0 heterocycles. The van der Waals surface area contributed by atoms with Gasteiger partial charge in [0.25, 0.3) is 0 Å². The Morgan fingerprint density at radius 1 is 1.23 bits per heavy atom. The van der Waals surface area contributed by atoms with Crippen LogP contribution in [-0.2, 0) is 21.6 Å². The van der Waals surface area contributed by atoms with E-state index in [4.69, 9.17) is 0 Å². The summed E-state index contributed by atoms with van der Waals surface area (Å²) >= 11 is 0. The van der Waals surface area contributed by atoms with E-state index in [1.54, 1.807) is 0 Å². The van der Waals surface area contributed by atoms with Crippen LogP contribution in [0, 0.1) is 5.92 Å². The largest absolute Gasteiger partial charge is 2.00 e. The Bertz CT molecular complexity index is 142. The van der Waals surface area contributed by atoms with Crippen molar-refractivity contribution in [2.45, 2.75) is 51.4 Å². The SMILES string of the molecule is O=C([O-])CCCC1CCCCC1.[Co+2]. The molecule has 0 aliphatic heterocycles. The first-order valence-corrected chi connectivity index (χ1v) is 4.99. The summed E-state index contributed by atoms with van der Waals surface area (Å²) in [6, 6.07) is 0. The van der Waals surface area contributed by atoms with Crippen molar-refractivity contribution in [1.82, 2.24) is 0 Å². The molecule has 0 aromatic rings. The van der Waals surface area contributed by atoms with Gasteiger partial charge >= 0.3 is 16.8 Å². The molecule has 1 aliphatic rings. The van der Waals surface area contributed by atoms with Crippen LogP contribution in [0.25, 0.3) is 0 Å². The summed E-state index contributed by atoms with van der Waals surface area (Å²) < 4.78 is 0. The van der Waals surface area contributed by atoms with Crippen LogP contribution >= 0.6 is 0 Å². The molecular weight excluding hydrogens is 211 g/mol. The van der Waals surface area contributed by atoms with E-state index in [9.17, 15) is 9.90 Å². The molecule has 0 amide bonds. The fraction of sp³-hybridized carbons (Fsp3) is 0.900. The zero-order valence-electron chi connectivity index (χ0n) is 7.88. The molecule has 1 fully saturated rings. The van der Waals surface area contributed by atoms with Gasteiger partial charge in [0.05, 0.1) is 0 Å². The average Bonchev–Trinajstić information content (AvgIpc) is 2.05. The van der Waals surface area contributed by atoms with E-state index in [0.29, 0.717) is 0 Å². The van der Waals surface area contributed by atoms with Gasteiger partial charge in [-0.3, -0.25) is 0 Å². The third kappa shape index (κ3) is 6.10. The number of carbonyl (C=O) groups excluding carboxylic acids is 1. The molecule has 0 aromatic heterocycles. The maximum atomic E-state index is 10.1. The van der Waals surface area contributed by atoms with Gasteiger partial charge in [-0.05, 0) is 18.8 Å². The maximum absolute atomic E-state index is 10.1. The number of rotatable bonds is 4. The molecule has 0 N–H and O–H groups in total. The maximum Gasteiger partial charge on any atom is 2.00 e. The molecule has 1 rings (SSSR count). The number of carbonyl (C=O) groups is 1. The molecule has 0 atom stereocenters. The molecule has 1 radical (unpaired) electrons. The van der Waals surface area contributed by atoms with Gasteiger partial charge in [0.1, 0.15) is 0 Å². The molecule has 0 spiro atoms. The fourth-order valence-electron chi connectivity index (χ4n) is 2.01. The van der Waals surface area contributed by atoms with Crippen LogP contribution in [0.2, 0.25) is 0 Å². The van der Waals surface area contributed by atoms with E-state index in [1.807, 2.05) is 0 Å². The van der Waals surface area contributed by atoms with Gasteiger partial charge < -0.3 is 9.90 Å². The second-order valence-corrected chi connectivity index (χ2v) is 3.77. The first kappa shape index (κ1) is 13.0. The van der Waals surface area contributed by atoms with Crippen molar-refractivity contribution in [2.75, 3.05) is 0 Å². The molecule has 2 nitrogen and oxygen atoms in total.